The summed E-state index contributed by atoms with van der Waals surface area (Å²) >= 11 is 0. The van der Waals surface area contributed by atoms with E-state index in [-0.39, 0.29) is 30.7 Å². The summed E-state index contributed by atoms with van der Waals surface area (Å²) in [6.07, 6.45) is 3.11. The Hall–Kier alpha value is -0.950. The maximum Gasteiger partial charge on any atom is 0.271 e. The smallest absolute Gasteiger partial charge is 0.271 e. The van der Waals surface area contributed by atoms with E-state index < -0.39 is 0 Å². The van der Waals surface area contributed by atoms with Gasteiger partial charge in [0.1, 0.15) is 5.69 Å². The van der Waals surface area contributed by atoms with Crippen molar-refractivity contribution in [3.05, 3.63) is 23.8 Å². The first-order chi connectivity index (χ1) is 8.75. The number of carbonyl (C=O) groups is 1. The van der Waals surface area contributed by atoms with Gasteiger partial charge >= 0.3 is 0 Å². The van der Waals surface area contributed by atoms with Gasteiger partial charge in [-0.1, -0.05) is 0 Å². The number of carbonyl (C=O) groups excluding carboxylic acids is 1. The Morgan fingerprint density at radius 3 is 2.60 bits per heavy atom. The third-order valence-corrected chi connectivity index (χ3v) is 2.94. The van der Waals surface area contributed by atoms with Gasteiger partial charge in [0, 0.05) is 45.5 Å². The summed E-state index contributed by atoms with van der Waals surface area (Å²) in [5.74, 6) is -0.155. The van der Waals surface area contributed by atoms with E-state index in [4.69, 9.17) is 0 Å². The number of amides is 1. The van der Waals surface area contributed by atoms with Gasteiger partial charge in [0.25, 0.3) is 5.91 Å². The number of aryl methyl sites for hydroxylation is 1. The van der Waals surface area contributed by atoms with Crippen LogP contribution in [-0.2, 0) is 0 Å². The van der Waals surface area contributed by atoms with Crippen LogP contribution in [0.25, 0.3) is 0 Å². The van der Waals surface area contributed by atoms with Crippen LogP contribution in [0, 0.1) is 6.92 Å². The van der Waals surface area contributed by atoms with Gasteiger partial charge in [-0.05, 0) is 6.92 Å². The highest BCUT2D eigenvalue weighted by Crippen LogP contribution is 1.94. The summed E-state index contributed by atoms with van der Waals surface area (Å²) < 4.78 is 0. The van der Waals surface area contributed by atoms with Crippen LogP contribution in [0.5, 0.6) is 0 Å². The predicted molar refractivity (Wildman–Crippen MR) is 82.9 cm³/mol. The minimum absolute atomic E-state index is 0. The van der Waals surface area contributed by atoms with Gasteiger partial charge in [-0.2, -0.15) is 0 Å². The second-order valence-corrected chi connectivity index (χ2v) is 4.39. The zero-order valence-corrected chi connectivity index (χ0v) is 13.1. The topological polar surface area (TPSA) is 70.2 Å². The Balaban J connectivity index is 0.00000180. The lowest BCUT2D eigenvalue weighted by molar-refractivity contribution is 0.0942. The normalized spacial score (nSPS) is 14.8. The lowest BCUT2D eigenvalue weighted by Gasteiger charge is -2.27. The van der Waals surface area contributed by atoms with E-state index >= 15 is 0 Å². The Bertz CT molecular complexity index is 395. The van der Waals surface area contributed by atoms with E-state index in [2.05, 4.69) is 25.5 Å². The predicted octanol–water partition coefficient (Wildman–Crippen LogP) is 0.264. The zero-order valence-electron chi connectivity index (χ0n) is 11.5. The average molecular weight is 322 g/mol. The lowest BCUT2D eigenvalue weighted by atomic mass is 10.3. The maximum atomic E-state index is 11.8. The molecule has 6 nitrogen and oxygen atoms in total. The molecule has 2 N–H and O–H groups in total. The molecule has 20 heavy (non-hydrogen) atoms. The number of hydrogen-bond acceptors (Lipinski definition) is 5. The van der Waals surface area contributed by atoms with Gasteiger partial charge in [-0.3, -0.25) is 14.7 Å². The summed E-state index contributed by atoms with van der Waals surface area (Å²) in [5, 5.41) is 6.16. The van der Waals surface area contributed by atoms with Crippen LogP contribution in [0.15, 0.2) is 12.4 Å². The van der Waals surface area contributed by atoms with Crippen LogP contribution in [0.4, 0.5) is 0 Å². The van der Waals surface area contributed by atoms with Gasteiger partial charge < -0.3 is 10.6 Å². The molecule has 1 aromatic rings. The third kappa shape index (κ3) is 6.00. The van der Waals surface area contributed by atoms with Crippen molar-refractivity contribution in [1.82, 2.24) is 25.5 Å². The monoisotopic (exact) mass is 321 g/mol. The summed E-state index contributed by atoms with van der Waals surface area (Å²) in [4.78, 5) is 22.2. The van der Waals surface area contributed by atoms with Crippen LogP contribution >= 0.6 is 24.8 Å². The van der Waals surface area contributed by atoms with Crippen LogP contribution < -0.4 is 10.6 Å². The van der Waals surface area contributed by atoms with Gasteiger partial charge in [-0.25, -0.2) is 4.98 Å². The van der Waals surface area contributed by atoms with E-state index in [1.165, 1.54) is 6.20 Å². The van der Waals surface area contributed by atoms with Crippen molar-refractivity contribution in [2.24, 2.45) is 0 Å². The standard InChI is InChI=1S/C12H19N5O.2ClH/c1-10-8-16-11(9-15-10)12(18)14-4-7-17-5-2-13-3-6-17;;/h8-9,13H,2-7H2,1H3,(H,14,18);2*1H. The molecule has 1 fully saturated rings. The first-order valence-corrected chi connectivity index (χ1v) is 6.25. The van der Waals surface area contributed by atoms with Crippen molar-refractivity contribution in [3.63, 3.8) is 0 Å². The van der Waals surface area contributed by atoms with Gasteiger partial charge in [-0.15, -0.1) is 24.8 Å². The molecule has 2 rings (SSSR count). The highest BCUT2D eigenvalue weighted by Gasteiger charge is 2.10. The van der Waals surface area contributed by atoms with Crippen LogP contribution in [0.3, 0.4) is 0 Å². The molecule has 0 unspecified atom stereocenters. The molecule has 0 aromatic carbocycles. The Kier molecular flexibility index (Phi) is 9.41. The molecular weight excluding hydrogens is 301 g/mol. The number of nitrogens with zero attached hydrogens (tertiary/aromatic N) is 3. The molecule has 0 saturated carbocycles. The molecule has 1 aliphatic heterocycles. The van der Waals surface area contributed by atoms with Crippen molar-refractivity contribution in [2.45, 2.75) is 6.92 Å². The van der Waals surface area contributed by atoms with E-state index in [0.29, 0.717) is 12.2 Å². The number of piperazine rings is 1. The second kappa shape index (κ2) is 9.88. The summed E-state index contributed by atoms with van der Waals surface area (Å²) in [7, 11) is 0. The SMILES string of the molecule is Cc1cnc(C(=O)NCCN2CCNCC2)cn1.Cl.Cl. The minimum Gasteiger partial charge on any atom is -0.349 e. The largest absolute Gasteiger partial charge is 0.349 e. The van der Waals surface area contributed by atoms with Crippen molar-refractivity contribution in [2.75, 3.05) is 39.3 Å². The van der Waals surface area contributed by atoms with Crippen molar-refractivity contribution >= 4 is 30.7 Å². The second-order valence-electron chi connectivity index (χ2n) is 4.39. The Labute approximate surface area is 131 Å². The molecule has 2 heterocycles. The maximum absolute atomic E-state index is 11.8. The number of aromatic nitrogens is 2. The first kappa shape index (κ1) is 19.1. The Morgan fingerprint density at radius 2 is 2.00 bits per heavy atom. The van der Waals surface area contributed by atoms with E-state index in [9.17, 15) is 4.79 Å². The molecule has 0 aliphatic carbocycles. The zero-order chi connectivity index (χ0) is 12.8. The molecule has 0 radical (unpaired) electrons. The highest BCUT2D eigenvalue weighted by molar-refractivity contribution is 5.91. The van der Waals surface area contributed by atoms with Crippen LogP contribution in [-0.4, -0.2) is 60.0 Å². The molecule has 8 heteroatoms. The highest BCUT2D eigenvalue weighted by atomic mass is 35.5. The fraction of sp³-hybridized carbons (Fsp3) is 0.583. The number of nitrogens with one attached hydrogen (secondary N) is 2. The number of hydrogen-bond donors (Lipinski definition) is 2. The average Bonchev–Trinajstić information content (AvgIpc) is 2.40. The molecule has 1 saturated heterocycles. The van der Waals surface area contributed by atoms with E-state index in [1.54, 1.807) is 6.20 Å². The first-order valence-electron chi connectivity index (χ1n) is 6.25. The van der Waals surface area contributed by atoms with Crippen LogP contribution in [0.2, 0.25) is 0 Å². The van der Waals surface area contributed by atoms with Crippen molar-refractivity contribution in [3.8, 4) is 0 Å². The fourth-order valence-corrected chi connectivity index (χ4v) is 1.86. The fourth-order valence-electron chi connectivity index (χ4n) is 1.86. The molecule has 0 spiro atoms. The summed E-state index contributed by atoms with van der Waals surface area (Å²) in [5.41, 5.74) is 1.19. The number of rotatable bonds is 4. The number of halogens is 2. The molecule has 1 amide bonds. The van der Waals surface area contributed by atoms with E-state index in [1.807, 2.05) is 6.92 Å². The summed E-state index contributed by atoms with van der Waals surface area (Å²) in [6, 6.07) is 0. The molecule has 1 aliphatic rings. The van der Waals surface area contributed by atoms with Gasteiger partial charge in [0.2, 0.25) is 0 Å². The lowest BCUT2D eigenvalue weighted by Crippen LogP contribution is -2.46. The van der Waals surface area contributed by atoms with Crippen molar-refractivity contribution in [1.29, 1.82) is 0 Å². The Morgan fingerprint density at radius 1 is 1.30 bits per heavy atom. The molecule has 0 atom stereocenters. The molecule has 114 valence electrons. The van der Waals surface area contributed by atoms with E-state index in [0.717, 1.165) is 38.4 Å². The third-order valence-electron chi connectivity index (χ3n) is 2.94. The van der Waals surface area contributed by atoms with Crippen LogP contribution in [0.1, 0.15) is 16.2 Å². The van der Waals surface area contributed by atoms with Gasteiger partial charge in [0.15, 0.2) is 0 Å². The summed E-state index contributed by atoms with van der Waals surface area (Å²) in [6.45, 7) is 7.51. The molecular formula is C12H21Cl2N5O. The van der Waals surface area contributed by atoms with Crippen molar-refractivity contribution < 1.29 is 4.79 Å². The molecule has 0 bridgehead atoms. The minimum atomic E-state index is -0.155. The quantitative estimate of drug-likeness (QED) is 0.832. The molecule has 1 aromatic heterocycles. The van der Waals surface area contributed by atoms with Gasteiger partial charge in [0.05, 0.1) is 11.9 Å².